The average Bonchev–Trinajstić information content (AvgIpc) is 3.46. The lowest BCUT2D eigenvalue weighted by Gasteiger charge is -2.32. The molecule has 2 N–H and O–H groups in total. The Hall–Kier alpha value is -3.52. The minimum Gasteiger partial charge on any atom is -0.474 e. The highest BCUT2D eigenvalue weighted by atomic mass is 19.1. The molecule has 194 valence electrons. The zero-order chi connectivity index (χ0) is 25.8. The normalized spacial score (nSPS) is 17.2. The lowest BCUT2D eigenvalue weighted by molar-refractivity contribution is -0.131. The van der Waals surface area contributed by atoms with Gasteiger partial charge in [-0.15, -0.1) is 0 Å². The number of carbonyl (C=O) groups is 1. The van der Waals surface area contributed by atoms with Gasteiger partial charge in [-0.1, -0.05) is 18.2 Å². The first-order valence-corrected chi connectivity index (χ1v) is 13.1. The molecule has 7 nitrogen and oxygen atoms in total. The van der Waals surface area contributed by atoms with Crippen LogP contribution >= 0.6 is 0 Å². The van der Waals surface area contributed by atoms with Gasteiger partial charge in [0.25, 0.3) is 0 Å². The predicted molar refractivity (Wildman–Crippen MR) is 142 cm³/mol. The number of pyridine rings is 2. The second-order valence-electron chi connectivity index (χ2n) is 10.0. The van der Waals surface area contributed by atoms with E-state index >= 15 is 0 Å². The van der Waals surface area contributed by atoms with Crippen LogP contribution in [-0.4, -0.2) is 59.1 Å². The molecule has 1 aromatic carbocycles. The molecule has 0 spiro atoms. The van der Waals surface area contributed by atoms with Gasteiger partial charge < -0.3 is 20.3 Å². The van der Waals surface area contributed by atoms with Crippen LogP contribution < -0.4 is 15.4 Å². The minimum absolute atomic E-state index is 0.0988. The van der Waals surface area contributed by atoms with E-state index in [9.17, 15) is 9.18 Å². The van der Waals surface area contributed by atoms with E-state index in [1.54, 1.807) is 17.2 Å². The van der Waals surface area contributed by atoms with E-state index in [0.717, 1.165) is 74.4 Å². The Bertz CT molecular complexity index is 1200. The number of benzene rings is 1. The number of hydrogen-bond acceptors (Lipinski definition) is 6. The number of nitrogens with two attached hydrogens (primary N) is 1. The first-order chi connectivity index (χ1) is 18.0. The van der Waals surface area contributed by atoms with Crippen LogP contribution in [0, 0.1) is 12.7 Å². The molecule has 2 aliphatic rings. The van der Waals surface area contributed by atoms with Crippen LogP contribution in [0.4, 0.5) is 10.2 Å². The number of amides is 1. The lowest BCUT2D eigenvalue weighted by atomic mass is 10.0. The van der Waals surface area contributed by atoms with Gasteiger partial charge in [-0.25, -0.2) is 14.4 Å². The van der Waals surface area contributed by atoms with Gasteiger partial charge >= 0.3 is 0 Å². The maximum absolute atomic E-state index is 14.9. The molecule has 2 aliphatic heterocycles. The number of hydrogen-bond donors (Lipinski definition) is 1. The fourth-order valence-electron chi connectivity index (χ4n) is 5.03. The quantitative estimate of drug-likeness (QED) is 0.522. The third-order valence-electron chi connectivity index (χ3n) is 7.25. The van der Waals surface area contributed by atoms with Crippen LogP contribution in [0.2, 0.25) is 0 Å². The molecule has 1 amide bonds. The Morgan fingerprint density at radius 3 is 2.43 bits per heavy atom. The molecule has 8 heteroatoms. The van der Waals surface area contributed by atoms with Crippen molar-refractivity contribution in [1.29, 1.82) is 0 Å². The van der Waals surface area contributed by atoms with Crippen LogP contribution in [0.15, 0.2) is 54.9 Å². The number of anilines is 1. The Morgan fingerprint density at radius 1 is 1.03 bits per heavy atom. The standard InChI is InChI=1S/C29H34FN5O2/c1-20-4-8-27(32-18-20)34-14-10-24(11-15-34)37-28-9-7-23(19-33-28)21-5-6-22(25(30)16-21)17-26(31)29(36)35-12-2-3-13-35/h4-9,16,18-19,24,26H,2-3,10-15,17,31H2,1H3. The van der Waals surface area contributed by atoms with E-state index in [2.05, 4.69) is 27.0 Å². The molecule has 4 heterocycles. The Labute approximate surface area is 217 Å². The summed E-state index contributed by atoms with van der Waals surface area (Å²) < 4.78 is 21.0. The van der Waals surface area contributed by atoms with Crippen LogP contribution in [0.5, 0.6) is 5.88 Å². The summed E-state index contributed by atoms with van der Waals surface area (Å²) in [7, 11) is 0. The molecule has 5 rings (SSSR count). The van der Waals surface area contributed by atoms with Crippen molar-refractivity contribution in [3.63, 3.8) is 0 Å². The van der Waals surface area contributed by atoms with Crippen molar-refractivity contribution < 1.29 is 13.9 Å². The van der Waals surface area contributed by atoms with Crippen molar-refractivity contribution in [3.8, 4) is 17.0 Å². The molecule has 1 atom stereocenters. The fourth-order valence-corrected chi connectivity index (χ4v) is 5.03. The third-order valence-corrected chi connectivity index (χ3v) is 7.25. The highest BCUT2D eigenvalue weighted by Crippen LogP contribution is 2.26. The second-order valence-corrected chi connectivity index (χ2v) is 10.0. The highest BCUT2D eigenvalue weighted by Gasteiger charge is 2.25. The van der Waals surface area contributed by atoms with Gasteiger partial charge in [-0.2, -0.15) is 0 Å². The SMILES string of the molecule is Cc1ccc(N2CCC(Oc3ccc(-c4ccc(CC(N)C(=O)N5CCCC5)c(F)c4)cn3)CC2)nc1. The van der Waals surface area contributed by atoms with Crippen molar-refractivity contribution in [2.45, 2.75) is 51.2 Å². The van der Waals surface area contributed by atoms with Gasteiger partial charge in [0.2, 0.25) is 11.8 Å². The summed E-state index contributed by atoms with van der Waals surface area (Å²) in [6.07, 6.45) is 7.69. The van der Waals surface area contributed by atoms with Crippen molar-refractivity contribution in [1.82, 2.24) is 14.9 Å². The number of ether oxygens (including phenoxy) is 1. The van der Waals surface area contributed by atoms with Crippen molar-refractivity contribution in [2.75, 3.05) is 31.1 Å². The molecule has 0 bridgehead atoms. The van der Waals surface area contributed by atoms with Gasteiger partial charge in [0.15, 0.2) is 0 Å². The third kappa shape index (κ3) is 6.07. The monoisotopic (exact) mass is 503 g/mol. The van der Waals surface area contributed by atoms with Crippen LogP contribution in [-0.2, 0) is 11.2 Å². The maximum atomic E-state index is 14.9. The number of carbonyl (C=O) groups excluding carboxylic acids is 1. The second kappa shape index (κ2) is 11.3. The molecule has 3 aromatic rings. The summed E-state index contributed by atoms with van der Waals surface area (Å²) in [5.74, 6) is 1.11. The van der Waals surface area contributed by atoms with Gasteiger partial charge in [0.1, 0.15) is 17.7 Å². The molecule has 2 saturated heterocycles. The van der Waals surface area contributed by atoms with E-state index in [0.29, 0.717) is 11.4 Å². The fraction of sp³-hybridized carbons (Fsp3) is 0.414. The highest BCUT2D eigenvalue weighted by molar-refractivity contribution is 5.82. The molecule has 2 aromatic heterocycles. The number of halogens is 1. The largest absolute Gasteiger partial charge is 0.474 e. The number of nitrogens with zero attached hydrogens (tertiary/aromatic N) is 4. The number of aryl methyl sites for hydroxylation is 1. The van der Waals surface area contributed by atoms with Crippen LogP contribution in [0.3, 0.4) is 0 Å². The van der Waals surface area contributed by atoms with Gasteiger partial charge in [-0.05, 0) is 61.1 Å². The Kier molecular flexibility index (Phi) is 7.65. The molecular formula is C29H34FN5O2. The maximum Gasteiger partial charge on any atom is 0.239 e. The van der Waals surface area contributed by atoms with E-state index in [1.807, 2.05) is 31.3 Å². The van der Waals surface area contributed by atoms with Crippen LogP contribution in [0.25, 0.3) is 11.1 Å². The molecule has 0 saturated carbocycles. The number of likely N-dealkylation sites (tertiary alicyclic amines) is 1. The zero-order valence-electron chi connectivity index (χ0n) is 21.3. The lowest BCUT2D eigenvalue weighted by Crippen LogP contribution is -2.43. The summed E-state index contributed by atoms with van der Waals surface area (Å²) in [4.78, 5) is 25.5. The molecule has 2 fully saturated rings. The molecule has 37 heavy (non-hydrogen) atoms. The van der Waals surface area contributed by atoms with E-state index in [-0.39, 0.29) is 24.2 Å². The molecule has 1 unspecified atom stereocenters. The molecule has 0 radical (unpaired) electrons. The zero-order valence-corrected chi connectivity index (χ0v) is 21.3. The van der Waals surface area contributed by atoms with Gasteiger partial charge in [0, 0.05) is 63.0 Å². The first-order valence-electron chi connectivity index (χ1n) is 13.1. The number of rotatable bonds is 7. The Morgan fingerprint density at radius 2 is 1.78 bits per heavy atom. The van der Waals surface area contributed by atoms with Crippen molar-refractivity contribution in [2.24, 2.45) is 5.73 Å². The minimum atomic E-state index is -0.725. The first kappa shape index (κ1) is 25.1. The van der Waals surface area contributed by atoms with E-state index in [1.165, 1.54) is 6.07 Å². The van der Waals surface area contributed by atoms with Crippen molar-refractivity contribution in [3.05, 3.63) is 71.8 Å². The predicted octanol–water partition coefficient (Wildman–Crippen LogP) is 4.13. The summed E-state index contributed by atoms with van der Waals surface area (Å²) in [5, 5.41) is 0. The summed E-state index contributed by atoms with van der Waals surface area (Å²) >= 11 is 0. The van der Waals surface area contributed by atoms with Gasteiger partial charge in [-0.3, -0.25) is 4.79 Å². The van der Waals surface area contributed by atoms with Gasteiger partial charge in [0.05, 0.1) is 6.04 Å². The number of aromatic nitrogens is 2. The average molecular weight is 504 g/mol. The summed E-state index contributed by atoms with van der Waals surface area (Å²) in [6, 6.07) is 12.2. The number of piperidine rings is 1. The molecular weight excluding hydrogens is 469 g/mol. The van der Waals surface area contributed by atoms with Crippen molar-refractivity contribution >= 4 is 11.7 Å². The molecule has 0 aliphatic carbocycles. The van der Waals surface area contributed by atoms with E-state index < -0.39 is 6.04 Å². The summed E-state index contributed by atoms with van der Waals surface area (Å²) in [5.41, 5.74) is 9.22. The Balaban J connectivity index is 1.15. The topological polar surface area (TPSA) is 84.6 Å². The smallest absolute Gasteiger partial charge is 0.239 e. The summed E-state index contributed by atoms with van der Waals surface area (Å²) in [6.45, 7) is 5.29. The van der Waals surface area contributed by atoms with E-state index in [4.69, 9.17) is 10.5 Å². The van der Waals surface area contributed by atoms with Crippen LogP contribution in [0.1, 0.15) is 36.8 Å².